The predicted molar refractivity (Wildman–Crippen MR) is 80.9 cm³/mol. The Balaban J connectivity index is 2.21. The van der Waals surface area contributed by atoms with Gasteiger partial charge in [0, 0.05) is 31.8 Å². The zero-order valence-corrected chi connectivity index (χ0v) is 12.4. The van der Waals surface area contributed by atoms with Crippen LogP contribution in [0.1, 0.15) is 19.8 Å². The summed E-state index contributed by atoms with van der Waals surface area (Å²) < 4.78 is 19.3. The largest absolute Gasteiger partial charge is 0.490 e. The average Bonchev–Trinajstić information content (AvgIpc) is 2.63. The first-order valence-electron chi connectivity index (χ1n) is 7.27. The molecule has 112 valence electrons. The maximum atomic E-state index is 13.8. The fraction of sp³-hybridized carbons (Fsp3) is 0.600. The fourth-order valence-electron chi connectivity index (χ4n) is 2.44. The van der Waals surface area contributed by atoms with E-state index in [1.807, 2.05) is 6.92 Å². The fourth-order valence-corrected chi connectivity index (χ4v) is 2.44. The number of halogens is 1. The molecule has 1 aliphatic heterocycles. The number of rotatable bonds is 4. The van der Waals surface area contributed by atoms with Gasteiger partial charge in [-0.15, -0.1) is 0 Å². The number of ether oxygens (including phenoxy) is 1. The highest BCUT2D eigenvalue weighted by molar-refractivity contribution is 5.70. The van der Waals surface area contributed by atoms with Gasteiger partial charge in [-0.1, -0.05) is 6.92 Å². The van der Waals surface area contributed by atoms with Gasteiger partial charge in [-0.25, -0.2) is 4.39 Å². The molecule has 1 fully saturated rings. The molecule has 20 heavy (non-hydrogen) atoms. The molecule has 4 nitrogen and oxygen atoms in total. The summed E-state index contributed by atoms with van der Waals surface area (Å²) in [6.45, 7) is 6.43. The van der Waals surface area contributed by atoms with Gasteiger partial charge >= 0.3 is 0 Å². The highest BCUT2D eigenvalue weighted by Crippen LogP contribution is 2.31. The van der Waals surface area contributed by atoms with Gasteiger partial charge in [-0.3, -0.25) is 0 Å². The maximum absolute atomic E-state index is 13.8. The van der Waals surface area contributed by atoms with Gasteiger partial charge in [-0.05, 0) is 26.4 Å². The highest BCUT2D eigenvalue weighted by Gasteiger charge is 2.17. The summed E-state index contributed by atoms with van der Waals surface area (Å²) in [6.07, 6.45) is 1.94. The number of hydrogen-bond donors (Lipinski definition) is 1. The molecule has 0 unspecified atom stereocenters. The Hall–Kier alpha value is -1.49. The van der Waals surface area contributed by atoms with Crippen LogP contribution in [0.25, 0.3) is 0 Å². The number of benzene rings is 1. The van der Waals surface area contributed by atoms with Gasteiger partial charge < -0.3 is 20.3 Å². The van der Waals surface area contributed by atoms with E-state index in [0.717, 1.165) is 44.7 Å². The molecule has 1 heterocycles. The Bertz CT molecular complexity index is 453. The standard InChI is InChI=1S/C15H24FN3O/c1-3-9-20-15-11-14(13(17)10-12(15)16)19-6-4-5-18(2)7-8-19/h10-11H,3-9,17H2,1-2H3. The summed E-state index contributed by atoms with van der Waals surface area (Å²) in [5, 5.41) is 0. The van der Waals surface area contributed by atoms with Crippen molar-refractivity contribution in [3.05, 3.63) is 17.9 Å². The number of anilines is 2. The lowest BCUT2D eigenvalue weighted by molar-refractivity contribution is 0.301. The molecule has 1 saturated heterocycles. The second-order valence-corrected chi connectivity index (χ2v) is 5.33. The lowest BCUT2D eigenvalue weighted by Crippen LogP contribution is -2.29. The van der Waals surface area contributed by atoms with Crippen LogP contribution in [0.2, 0.25) is 0 Å². The molecule has 5 heteroatoms. The van der Waals surface area contributed by atoms with Crippen molar-refractivity contribution in [3.63, 3.8) is 0 Å². The monoisotopic (exact) mass is 281 g/mol. The third-order valence-corrected chi connectivity index (χ3v) is 3.60. The van der Waals surface area contributed by atoms with Crippen LogP contribution in [0.4, 0.5) is 15.8 Å². The van der Waals surface area contributed by atoms with Crippen LogP contribution in [0.15, 0.2) is 12.1 Å². The Morgan fingerprint density at radius 3 is 2.80 bits per heavy atom. The van der Waals surface area contributed by atoms with Crippen LogP contribution in [0.3, 0.4) is 0 Å². The summed E-state index contributed by atoms with van der Waals surface area (Å²) >= 11 is 0. The zero-order chi connectivity index (χ0) is 14.5. The van der Waals surface area contributed by atoms with Crippen LogP contribution < -0.4 is 15.4 Å². The summed E-state index contributed by atoms with van der Waals surface area (Å²) in [5.41, 5.74) is 7.35. The molecule has 2 N–H and O–H groups in total. The van der Waals surface area contributed by atoms with Gasteiger partial charge in [0.25, 0.3) is 0 Å². The SMILES string of the molecule is CCCOc1cc(N2CCCN(C)CC2)c(N)cc1F. The second kappa shape index (κ2) is 6.79. The zero-order valence-electron chi connectivity index (χ0n) is 12.4. The van der Waals surface area contributed by atoms with Gasteiger partial charge in [0.15, 0.2) is 11.6 Å². The number of nitrogens with two attached hydrogens (primary N) is 1. The summed E-state index contributed by atoms with van der Waals surface area (Å²) in [6, 6.07) is 3.11. The van der Waals surface area contributed by atoms with Crippen LogP contribution in [-0.2, 0) is 0 Å². The summed E-state index contributed by atoms with van der Waals surface area (Å²) in [4.78, 5) is 4.52. The predicted octanol–water partition coefficient (Wildman–Crippen LogP) is 2.34. The van der Waals surface area contributed by atoms with Crippen molar-refractivity contribution in [2.45, 2.75) is 19.8 Å². The molecule has 1 aromatic rings. The van der Waals surface area contributed by atoms with E-state index in [2.05, 4.69) is 16.8 Å². The smallest absolute Gasteiger partial charge is 0.167 e. The van der Waals surface area contributed by atoms with Crippen LogP contribution in [0, 0.1) is 5.82 Å². The molecule has 0 aromatic heterocycles. The summed E-state index contributed by atoms with van der Waals surface area (Å²) in [5.74, 6) is -0.0831. The first kappa shape index (κ1) is 14.9. The Labute approximate surface area is 120 Å². The van der Waals surface area contributed by atoms with E-state index in [1.165, 1.54) is 6.07 Å². The molecular weight excluding hydrogens is 257 g/mol. The molecule has 0 radical (unpaired) electrons. The van der Waals surface area contributed by atoms with Crippen molar-refractivity contribution < 1.29 is 9.13 Å². The molecule has 0 bridgehead atoms. The Morgan fingerprint density at radius 2 is 2.05 bits per heavy atom. The molecular formula is C15H24FN3O. The maximum Gasteiger partial charge on any atom is 0.167 e. The van der Waals surface area contributed by atoms with Crippen molar-refractivity contribution in [2.75, 3.05) is 50.5 Å². The lowest BCUT2D eigenvalue weighted by Gasteiger charge is -2.25. The average molecular weight is 281 g/mol. The van der Waals surface area contributed by atoms with E-state index in [4.69, 9.17) is 10.5 Å². The number of likely N-dealkylation sites (N-methyl/N-ethyl adjacent to an activating group) is 1. The first-order valence-corrected chi connectivity index (χ1v) is 7.27. The third kappa shape index (κ3) is 3.54. The normalized spacial score (nSPS) is 17.1. The third-order valence-electron chi connectivity index (χ3n) is 3.60. The van der Waals surface area contributed by atoms with Crippen molar-refractivity contribution in [2.24, 2.45) is 0 Å². The van der Waals surface area contributed by atoms with E-state index < -0.39 is 0 Å². The molecule has 0 atom stereocenters. The molecule has 1 aliphatic rings. The van der Waals surface area contributed by atoms with E-state index in [0.29, 0.717) is 18.0 Å². The first-order chi connectivity index (χ1) is 9.61. The van der Waals surface area contributed by atoms with Crippen molar-refractivity contribution in [1.29, 1.82) is 0 Å². The number of nitrogens with zero attached hydrogens (tertiary/aromatic N) is 2. The molecule has 0 aliphatic carbocycles. The molecule has 2 rings (SSSR count). The Kier molecular flexibility index (Phi) is 5.06. The lowest BCUT2D eigenvalue weighted by atomic mass is 10.2. The van der Waals surface area contributed by atoms with E-state index in [-0.39, 0.29) is 5.82 Å². The van der Waals surface area contributed by atoms with Crippen molar-refractivity contribution in [3.8, 4) is 5.75 Å². The minimum Gasteiger partial charge on any atom is -0.490 e. The van der Waals surface area contributed by atoms with Gasteiger partial charge in [0.05, 0.1) is 18.0 Å². The van der Waals surface area contributed by atoms with E-state index in [1.54, 1.807) is 6.07 Å². The van der Waals surface area contributed by atoms with E-state index in [9.17, 15) is 4.39 Å². The van der Waals surface area contributed by atoms with Crippen LogP contribution >= 0.6 is 0 Å². The number of hydrogen-bond acceptors (Lipinski definition) is 4. The van der Waals surface area contributed by atoms with Crippen molar-refractivity contribution in [1.82, 2.24) is 4.90 Å². The molecule has 0 saturated carbocycles. The van der Waals surface area contributed by atoms with Crippen LogP contribution in [0.5, 0.6) is 5.75 Å². The van der Waals surface area contributed by atoms with Crippen molar-refractivity contribution >= 4 is 11.4 Å². The van der Waals surface area contributed by atoms with Gasteiger partial charge in [0.2, 0.25) is 0 Å². The topological polar surface area (TPSA) is 41.7 Å². The minimum absolute atomic E-state index is 0.300. The van der Waals surface area contributed by atoms with Gasteiger partial charge in [-0.2, -0.15) is 0 Å². The number of nitrogen functional groups attached to an aromatic ring is 1. The Morgan fingerprint density at radius 1 is 1.25 bits per heavy atom. The summed E-state index contributed by atoms with van der Waals surface area (Å²) in [7, 11) is 2.12. The van der Waals surface area contributed by atoms with Crippen LogP contribution in [-0.4, -0.2) is 44.7 Å². The highest BCUT2D eigenvalue weighted by atomic mass is 19.1. The van der Waals surface area contributed by atoms with E-state index >= 15 is 0 Å². The minimum atomic E-state index is -0.383. The van der Waals surface area contributed by atoms with Gasteiger partial charge in [0.1, 0.15) is 0 Å². The molecule has 1 aromatic carbocycles. The molecule has 0 spiro atoms. The molecule has 0 amide bonds. The second-order valence-electron chi connectivity index (χ2n) is 5.33. The quantitative estimate of drug-likeness (QED) is 0.860.